The second-order valence-corrected chi connectivity index (χ2v) is 7.43. The number of thiazole rings is 1. The van der Waals surface area contributed by atoms with Crippen LogP contribution in [0, 0.1) is 6.92 Å². The smallest absolute Gasteiger partial charge is 0.413 e. The lowest BCUT2D eigenvalue weighted by Gasteiger charge is -2.43. The molecule has 1 aliphatic carbocycles. The number of aryl methyl sites for hydroxylation is 1. The maximum Gasteiger partial charge on any atom is 0.413 e. The molecule has 2 rings (SSSR count). The Morgan fingerprint density at radius 3 is 2.48 bits per heavy atom. The molecule has 1 saturated carbocycles. The zero-order chi connectivity index (χ0) is 16.1. The van der Waals surface area contributed by atoms with E-state index in [1.54, 1.807) is 27.7 Å². The largest absolute Gasteiger partial charge is 0.444 e. The average molecular weight is 319 g/mol. The van der Waals surface area contributed by atoms with Crippen LogP contribution in [-0.2, 0) is 10.3 Å². The molecule has 0 saturated heterocycles. The summed E-state index contributed by atoms with van der Waals surface area (Å²) in [5.74, 6) is -2.72. The van der Waals surface area contributed by atoms with Crippen LogP contribution in [0.15, 0.2) is 0 Å². The highest BCUT2D eigenvalue weighted by molar-refractivity contribution is 7.16. The van der Waals surface area contributed by atoms with E-state index in [1.165, 1.54) is 0 Å². The summed E-state index contributed by atoms with van der Waals surface area (Å²) in [5, 5.41) is 2.81. The predicted octanol–water partition coefficient (Wildman–Crippen LogP) is 3.38. The maximum absolute atomic E-state index is 13.1. The number of aromatic nitrogens is 1. The quantitative estimate of drug-likeness (QED) is 0.876. The lowest BCUT2D eigenvalue weighted by atomic mass is 9.73. The van der Waals surface area contributed by atoms with Gasteiger partial charge in [-0.25, -0.2) is 18.6 Å². The Morgan fingerprint density at radius 1 is 1.43 bits per heavy atom. The van der Waals surface area contributed by atoms with Gasteiger partial charge in [0.15, 0.2) is 5.13 Å². The third-order valence-electron chi connectivity index (χ3n) is 3.00. The second kappa shape index (κ2) is 4.88. The Morgan fingerprint density at radius 2 is 2.00 bits per heavy atom. The number of nitrogens with two attached hydrogens (primary N) is 1. The van der Waals surface area contributed by atoms with Crippen LogP contribution < -0.4 is 11.1 Å². The Bertz CT molecular complexity index is 558. The van der Waals surface area contributed by atoms with E-state index in [1.807, 2.05) is 0 Å². The number of amides is 1. The van der Waals surface area contributed by atoms with Gasteiger partial charge in [-0.3, -0.25) is 5.32 Å². The zero-order valence-electron chi connectivity index (χ0n) is 12.4. The highest BCUT2D eigenvalue weighted by atomic mass is 32.1. The number of hydrogen-bond acceptors (Lipinski definition) is 5. The van der Waals surface area contributed by atoms with Gasteiger partial charge in [-0.15, -0.1) is 0 Å². The normalized spacial score (nSPS) is 19.8. The summed E-state index contributed by atoms with van der Waals surface area (Å²) < 4.78 is 31.3. The average Bonchev–Trinajstić information content (AvgIpc) is 2.53. The summed E-state index contributed by atoms with van der Waals surface area (Å²) in [7, 11) is 0. The van der Waals surface area contributed by atoms with Crippen molar-refractivity contribution in [3.63, 3.8) is 0 Å². The van der Waals surface area contributed by atoms with Crippen molar-refractivity contribution in [1.82, 2.24) is 4.98 Å². The monoisotopic (exact) mass is 319 g/mol. The van der Waals surface area contributed by atoms with Crippen LogP contribution >= 0.6 is 11.3 Å². The van der Waals surface area contributed by atoms with Crippen molar-refractivity contribution in [3.05, 3.63) is 10.6 Å². The molecule has 1 aromatic heterocycles. The number of hydrogen-bond donors (Lipinski definition) is 2. The predicted molar refractivity (Wildman–Crippen MR) is 76.8 cm³/mol. The minimum absolute atomic E-state index is 0.303. The first kappa shape index (κ1) is 16.1. The Kier molecular flexibility index (Phi) is 3.74. The molecule has 1 aliphatic rings. The summed E-state index contributed by atoms with van der Waals surface area (Å²) in [6.45, 7) is 6.93. The third kappa shape index (κ3) is 3.68. The molecule has 0 bridgehead atoms. The van der Waals surface area contributed by atoms with Gasteiger partial charge in [0.25, 0.3) is 5.92 Å². The summed E-state index contributed by atoms with van der Waals surface area (Å²) in [5.41, 5.74) is 4.88. The van der Waals surface area contributed by atoms with Crippen molar-refractivity contribution in [3.8, 4) is 0 Å². The lowest BCUT2D eigenvalue weighted by molar-refractivity contribution is -0.124. The first-order valence-corrected chi connectivity index (χ1v) is 7.37. The molecule has 0 aliphatic heterocycles. The van der Waals surface area contributed by atoms with Gasteiger partial charge in [0.2, 0.25) is 0 Å². The summed E-state index contributed by atoms with van der Waals surface area (Å²) >= 11 is 1.12. The highest BCUT2D eigenvalue weighted by Crippen LogP contribution is 2.52. The van der Waals surface area contributed by atoms with Crippen molar-refractivity contribution < 1.29 is 18.3 Å². The lowest BCUT2D eigenvalue weighted by Crippen LogP contribution is -2.55. The molecule has 3 N–H and O–H groups in total. The first-order chi connectivity index (χ1) is 9.40. The van der Waals surface area contributed by atoms with Crippen molar-refractivity contribution in [2.24, 2.45) is 5.73 Å². The summed E-state index contributed by atoms with van der Waals surface area (Å²) in [4.78, 5) is 16.4. The van der Waals surface area contributed by atoms with Gasteiger partial charge in [-0.2, -0.15) is 0 Å². The zero-order valence-corrected chi connectivity index (χ0v) is 13.2. The molecule has 0 spiro atoms. The fourth-order valence-corrected chi connectivity index (χ4v) is 3.39. The van der Waals surface area contributed by atoms with E-state index in [0.29, 0.717) is 15.7 Å². The number of carbonyl (C=O) groups is 1. The molecule has 1 heterocycles. The van der Waals surface area contributed by atoms with Gasteiger partial charge >= 0.3 is 6.09 Å². The molecule has 5 nitrogen and oxygen atoms in total. The molecule has 0 aromatic carbocycles. The van der Waals surface area contributed by atoms with E-state index in [-0.39, 0.29) is 0 Å². The third-order valence-corrected chi connectivity index (χ3v) is 4.30. The van der Waals surface area contributed by atoms with Gasteiger partial charge < -0.3 is 10.5 Å². The molecule has 0 unspecified atom stereocenters. The molecule has 1 amide bonds. The fourth-order valence-electron chi connectivity index (χ4n) is 2.33. The Hall–Kier alpha value is -1.28. The van der Waals surface area contributed by atoms with E-state index < -0.39 is 36.0 Å². The summed E-state index contributed by atoms with van der Waals surface area (Å²) in [6.07, 6.45) is -1.42. The van der Waals surface area contributed by atoms with Gasteiger partial charge in [-0.1, -0.05) is 11.3 Å². The Labute approximate surface area is 125 Å². The number of anilines is 1. The molecule has 0 atom stereocenters. The van der Waals surface area contributed by atoms with Gasteiger partial charge in [-0.05, 0) is 27.7 Å². The Balaban J connectivity index is 2.08. The number of halogens is 2. The number of alkyl halides is 2. The van der Waals surface area contributed by atoms with E-state index in [0.717, 1.165) is 11.3 Å². The van der Waals surface area contributed by atoms with E-state index in [9.17, 15) is 13.6 Å². The van der Waals surface area contributed by atoms with E-state index in [4.69, 9.17) is 10.5 Å². The number of rotatable bonds is 2. The second-order valence-electron chi connectivity index (χ2n) is 6.43. The minimum atomic E-state index is -2.72. The molecular formula is C13H19F2N3O2S. The number of nitrogens with one attached hydrogen (secondary N) is 1. The molecule has 0 radical (unpaired) electrons. The number of ether oxygens (including phenoxy) is 1. The molecule has 8 heteroatoms. The van der Waals surface area contributed by atoms with Crippen LogP contribution in [0.25, 0.3) is 0 Å². The minimum Gasteiger partial charge on any atom is -0.444 e. The van der Waals surface area contributed by atoms with Gasteiger partial charge in [0.05, 0.1) is 11.2 Å². The molecule has 1 aromatic rings. The number of nitrogens with zero attached hydrogens (tertiary/aromatic N) is 1. The highest BCUT2D eigenvalue weighted by Gasteiger charge is 2.56. The van der Waals surface area contributed by atoms with Gasteiger partial charge in [0.1, 0.15) is 5.60 Å². The van der Waals surface area contributed by atoms with E-state index in [2.05, 4.69) is 10.3 Å². The van der Waals surface area contributed by atoms with Crippen molar-refractivity contribution in [1.29, 1.82) is 0 Å². The molecule has 1 fully saturated rings. The van der Waals surface area contributed by atoms with Crippen LogP contribution in [-0.4, -0.2) is 22.6 Å². The fraction of sp³-hybridized carbons (Fsp3) is 0.692. The molecule has 21 heavy (non-hydrogen) atoms. The van der Waals surface area contributed by atoms with Crippen LogP contribution in [0.1, 0.15) is 44.2 Å². The van der Waals surface area contributed by atoms with Crippen molar-refractivity contribution >= 4 is 22.6 Å². The standard InChI is InChI=1S/C13H19F2N3O2S/c1-7-8(12(16)5-13(14,15)6-12)21-9(17-7)18-10(19)20-11(2,3)4/h5-6,16H2,1-4H3,(H,17,18,19). The van der Waals surface area contributed by atoms with E-state index >= 15 is 0 Å². The van der Waals surface area contributed by atoms with Crippen LogP contribution in [0.2, 0.25) is 0 Å². The SMILES string of the molecule is Cc1nc(NC(=O)OC(C)(C)C)sc1C1(N)CC(F)(F)C1. The van der Waals surface area contributed by atoms with Gasteiger partial charge in [0, 0.05) is 17.7 Å². The molecule has 118 valence electrons. The first-order valence-electron chi connectivity index (χ1n) is 6.55. The summed E-state index contributed by atoms with van der Waals surface area (Å²) in [6, 6.07) is 0. The number of carbonyl (C=O) groups excluding carboxylic acids is 1. The van der Waals surface area contributed by atoms with Crippen molar-refractivity contribution in [2.45, 2.75) is 57.6 Å². The van der Waals surface area contributed by atoms with Crippen LogP contribution in [0.4, 0.5) is 18.7 Å². The topological polar surface area (TPSA) is 77.2 Å². The maximum atomic E-state index is 13.1. The van der Waals surface area contributed by atoms with Crippen LogP contribution in [0.5, 0.6) is 0 Å². The van der Waals surface area contributed by atoms with Crippen molar-refractivity contribution in [2.75, 3.05) is 5.32 Å². The van der Waals surface area contributed by atoms with Crippen LogP contribution in [0.3, 0.4) is 0 Å². The molecular weight excluding hydrogens is 300 g/mol.